The lowest BCUT2D eigenvalue weighted by molar-refractivity contribution is -0.139. The summed E-state index contributed by atoms with van der Waals surface area (Å²) in [4.78, 5) is 42.1. The molecule has 3 N–H and O–H groups in total. The zero-order valence-corrected chi connectivity index (χ0v) is 20.3. The fraction of sp³-hybridized carbons (Fsp3) is 0.500. The Bertz CT molecular complexity index is 1140. The van der Waals surface area contributed by atoms with Gasteiger partial charge in [0.2, 0.25) is 17.7 Å². The van der Waals surface area contributed by atoms with Gasteiger partial charge in [-0.1, -0.05) is 44.2 Å². The van der Waals surface area contributed by atoms with Gasteiger partial charge in [0.25, 0.3) is 0 Å². The maximum absolute atomic E-state index is 13.8. The predicted molar refractivity (Wildman–Crippen MR) is 133 cm³/mol. The Labute approximate surface area is 203 Å². The zero-order chi connectivity index (χ0) is 24.0. The molecule has 3 unspecified atom stereocenters. The molecule has 2 bridgehead atoms. The zero-order valence-electron chi connectivity index (χ0n) is 19.5. The van der Waals surface area contributed by atoms with E-state index in [9.17, 15) is 19.5 Å². The van der Waals surface area contributed by atoms with Gasteiger partial charge in [-0.25, -0.2) is 0 Å². The molecule has 0 aliphatic carbocycles. The molecule has 8 heteroatoms. The van der Waals surface area contributed by atoms with Gasteiger partial charge in [-0.3, -0.25) is 14.4 Å². The summed E-state index contributed by atoms with van der Waals surface area (Å²) in [5, 5.41) is 17.9. The molecular weight excluding hydrogens is 450 g/mol. The van der Waals surface area contributed by atoms with Crippen molar-refractivity contribution in [3.05, 3.63) is 42.5 Å². The van der Waals surface area contributed by atoms with Crippen molar-refractivity contribution in [2.45, 2.75) is 42.7 Å². The number of thioether (sulfide) groups is 1. The Kier molecular flexibility index (Phi) is 6.06. The fourth-order valence-corrected chi connectivity index (χ4v) is 8.73. The van der Waals surface area contributed by atoms with Crippen LogP contribution in [0.3, 0.4) is 0 Å². The molecule has 2 aromatic rings. The summed E-state index contributed by atoms with van der Waals surface area (Å²) in [5.41, 5.74) is 0.669. The first kappa shape index (κ1) is 23.2. The number of nitrogens with zero attached hydrogens (tertiary/aromatic N) is 1. The van der Waals surface area contributed by atoms with Crippen molar-refractivity contribution in [3.63, 3.8) is 0 Å². The first-order chi connectivity index (χ1) is 16.4. The van der Waals surface area contributed by atoms with Crippen LogP contribution in [0, 0.1) is 17.8 Å². The van der Waals surface area contributed by atoms with Crippen molar-refractivity contribution >= 4 is 45.9 Å². The summed E-state index contributed by atoms with van der Waals surface area (Å²) in [5.74, 6) is -1.43. The number of anilines is 1. The maximum atomic E-state index is 13.8. The number of benzene rings is 2. The van der Waals surface area contributed by atoms with E-state index in [1.54, 1.807) is 11.8 Å². The monoisotopic (exact) mass is 481 g/mol. The van der Waals surface area contributed by atoms with Gasteiger partial charge in [-0.15, -0.1) is 11.8 Å². The van der Waals surface area contributed by atoms with Crippen molar-refractivity contribution in [2.75, 3.05) is 25.0 Å². The van der Waals surface area contributed by atoms with Crippen LogP contribution in [0.15, 0.2) is 42.5 Å². The van der Waals surface area contributed by atoms with Crippen LogP contribution in [0.1, 0.15) is 26.7 Å². The average Bonchev–Trinajstić information content (AvgIpc) is 3.41. The molecule has 0 aromatic heterocycles. The Balaban J connectivity index is 1.49. The molecule has 3 aliphatic rings. The van der Waals surface area contributed by atoms with Crippen molar-refractivity contribution in [1.82, 2.24) is 10.2 Å². The summed E-state index contributed by atoms with van der Waals surface area (Å²) in [6, 6.07) is 13.0. The molecule has 3 amide bonds. The highest BCUT2D eigenvalue weighted by Gasteiger charge is 2.75. The molecule has 180 valence electrons. The Hall–Kier alpha value is -2.58. The number of carbonyl (C=O) groups is 3. The molecule has 1 spiro atoms. The number of rotatable bonds is 7. The molecular formula is C26H31N3O4S. The van der Waals surface area contributed by atoms with Crippen LogP contribution in [-0.4, -0.2) is 63.5 Å². The summed E-state index contributed by atoms with van der Waals surface area (Å²) >= 11 is 1.64. The van der Waals surface area contributed by atoms with Crippen molar-refractivity contribution in [3.8, 4) is 0 Å². The third kappa shape index (κ3) is 3.41. The lowest BCUT2D eigenvalue weighted by Gasteiger charge is -2.38. The number of likely N-dealkylation sites (tertiary alicyclic amines) is 1. The SMILES string of the molecule is CCCNC(=O)[C@@H]1[C@@H]2CC(C)C3(S2)C(C(=O)Nc2ccc4ccccc4c2)N(CCO)C(=O)[C@H]13. The van der Waals surface area contributed by atoms with Crippen LogP contribution in [0.25, 0.3) is 10.8 Å². The minimum atomic E-state index is -0.738. The molecule has 3 saturated heterocycles. The fourth-order valence-electron chi connectivity index (χ4n) is 6.31. The van der Waals surface area contributed by atoms with Gasteiger partial charge in [-0.05, 0) is 41.7 Å². The van der Waals surface area contributed by atoms with Gasteiger partial charge < -0.3 is 20.6 Å². The minimum absolute atomic E-state index is 0.0213. The van der Waals surface area contributed by atoms with Gasteiger partial charge in [0.05, 0.1) is 23.2 Å². The second kappa shape index (κ2) is 8.89. The number of amides is 3. The lowest BCUT2D eigenvalue weighted by Crippen LogP contribution is -2.55. The highest BCUT2D eigenvalue weighted by Crippen LogP contribution is 2.68. The van der Waals surface area contributed by atoms with Gasteiger partial charge in [0.15, 0.2) is 0 Å². The summed E-state index contributed by atoms with van der Waals surface area (Å²) in [6.45, 7) is 4.50. The Morgan fingerprint density at radius 1 is 1.18 bits per heavy atom. The van der Waals surface area contributed by atoms with Crippen LogP contribution in [0.4, 0.5) is 5.69 Å². The van der Waals surface area contributed by atoms with Crippen molar-refractivity contribution < 1.29 is 19.5 Å². The minimum Gasteiger partial charge on any atom is -0.395 e. The van der Waals surface area contributed by atoms with Crippen LogP contribution >= 0.6 is 11.8 Å². The molecule has 0 radical (unpaired) electrons. The summed E-state index contributed by atoms with van der Waals surface area (Å²) in [7, 11) is 0. The van der Waals surface area contributed by atoms with E-state index in [2.05, 4.69) is 17.6 Å². The van der Waals surface area contributed by atoms with Gasteiger partial charge >= 0.3 is 0 Å². The normalized spacial score (nSPS) is 31.7. The highest BCUT2D eigenvalue weighted by molar-refractivity contribution is 8.02. The standard InChI is InChI=1S/C26H31N3O4S/c1-3-10-27-23(31)20-19-13-15(2)26(34-19)21(20)25(33)29(11-12-30)22(26)24(32)28-18-9-8-16-6-4-5-7-17(16)14-18/h4-9,14-15,19-22,30H,3,10-13H2,1-2H3,(H,27,31)(H,28,32)/t15?,19-,20+,21-,22?,26?/m0/s1. The van der Waals surface area contributed by atoms with E-state index >= 15 is 0 Å². The molecule has 2 aromatic carbocycles. The second-order valence-electron chi connectivity index (χ2n) is 9.65. The van der Waals surface area contributed by atoms with Crippen LogP contribution < -0.4 is 10.6 Å². The van der Waals surface area contributed by atoms with E-state index in [1.807, 2.05) is 49.4 Å². The van der Waals surface area contributed by atoms with Crippen LogP contribution in [0.5, 0.6) is 0 Å². The van der Waals surface area contributed by atoms with E-state index in [4.69, 9.17) is 0 Å². The Morgan fingerprint density at radius 2 is 1.94 bits per heavy atom. The highest BCUT2D eigenvalue weighted by atomic mass is 32.2. The third-order valence-electron chi connectivity index (χ3n) is 7.70. The molecule has 5 rings (SSSR count). The van der Waals surface area contributed by atoms with Gasteiger partial charge in [0, 0.05) is 24.0 Å². The topological polar surface area (TPSA) is 98.7 Å². The van der Waals surface area contributed by atoms with Crippen molar-refractivity contribution in [1.29, 1.82) is 0 Å². The van der Waals surface area contributed by atoms with Gasteiger partial charge in [-0.2, -0.15) is 0 Å². The number of aliphatic hydroxyl groups excluding tert-OH is 1. The lowest BCUT2D eigenvalue weighted by atomic mass is 9.66. The largest absolute Gasteiger partial charge is 0.395 e. The van der Waals surface area contributed by atoms with E-state index in [1.165, 1.54) is 4.90 Å². The number of carbonyl (C=O) groups excluding carboxylic acids is 3. The quantitative estimate of drug-likeness (QED) is 0.565. The van der Waals surface area contributed by atoms with Gasteiger partial charge in [0.1, 0.15) is 6.04 Å². The number of β-amino-alcohol motifs (C(OH)–C–C–N with tert-alkyl or cyclic N) is 1. The number of hydrogen-bond acceptors (Lipinski definition) is 5. The molecule has 3 fully saturated rings. The predicted octanol–water partition coefficient (Wildman–Crippen LogP) is 2.63. The molecule has 3 aliphatic heterocycles. The molecule has 3 heterocycles. The van der Waals surface area contributed by atoms with Crippen molar-refractivity contribution in [2.24, 2.45) is 17.8 Å². The molecule has 0 saturated carbocycles. The second-order valence-corrected chi connectivity index (χ2v) is 11.2. The van der Waals surface area contributed by atoms with E-state index in [0.29, 0.717) is 12.2 Å². The average molecular weight is 482 g/mol. The first-order valence-corrected chi connectivity index (χ1v) is 13.0. The third-order valence-corrected chi connectivity index (χ3v) is 9.78. The first-order valence-electron chi connectivity index (χ1n) is 12.1. The Morgan fingerprint density at radius 3 is 2.68 bits per heavy atom. The van der Waals surface area contributed by atoms with Crippen LogP contribution in [-0.2, 0) is 14.4 Å². The number of aliphatic hydroxyl groups is 1. The summed E-state index contributed by atoms with van der Waals surface area (Å²) in [6.07, 6.45) is 1.62. The van der Waals surface area contributed by atoms with Crippen LogP contribution in [0.2, 0.25) is 0 Å². The van der Waals surface area contributed by atoms with E-state index in [-0.39, 0.29) is 42.0 Å². The maximum Gasteiger partial charge on any atom is 0.248 e. The number of nitrogens with one attached hydrogen (secondary N) is 2. The summed E-state index contributed by atoms with van der Waals surface area (Å²) < 4.78 is -0.675. The molecule has 34 heavy (non-hydrogen) atoms. The number of fused-ring (bicyclic) bond motifs is 2. The molecule has 7 nitrogen and oxygen atoms in total. The molecule has 6 atom stereocenters. The smallest absolute Gasteiger partial charge is 0.248 e. The number of hydrogen-bond donors (Lipinski definition) is 3. The van der Waals surface area contributed by atoms with E-state index in [0.717, 1.165) is 23.6 Å². The van der Waals surface area contributed by atoms with E-state index < -0.39 is 22.6 Å².